The average Bonchev–Trinajstić information content (AvgIpc) is 3.35. The number of carbonyl (C=O) groups excluding carboxylic acids is 2. The van der Waals surface area contributed by atoms with Crippen LogP contribution in [0, 0.1) is 29.6 Å². The van der Waals surface area contributed by atoms with Gasteiger partial charge in [-0.1, -0.05) is 24.3 Å². The second kappa shape index (κ2) is 10.0. The van der Waals surface area contributed by atoms with Gasteiger partial charge in [-0.15, -0.1) is 34.4 Å². The van der Waals surface area contributed by atoms with Crippen LogP contribution in [0.15, 0.2) is 28.5 Å². The van der Waals surface area contributed by atoms with Crippen molar-refractivity contribution in [2.24, 2.45) is 0 Å². The lowest BCUT2D eigenvalue weighted by Crippen LogP contribution is -2.22. The van der Waals surface area contributed by atoms with E-state index in [-0.39, 0.29) is 12.5 Å². The number of nitrogens with one attached hydrogen (secondary N) is 1. The van der Waals surface area contributed by atoms with Gasteiger partial charge < -0.3 is 10.1 Å². The number of carbonyl (C=O) groups is 2. The molecule has 1 aliphatic carbocycles. The molecule has 1 aliphatic rings. The highest BCUT2D eigenvalue weighted by Crippen LogP contribution is 2.45. The highest BCUT2D eigenvalue weighted by molar-refractivity contribution is 8.02. The van der Waals surface area contributed by atoms with Crippen molar-refractivity contribution in [3.05, 3.63) is 57.0 Å². The summed E-state index contributed by atoms with van der Waals surface area (Å²) >= 11 is 3.83. The van der Waals surface area contributed by atoms with Crippen LogP contribution in [0.5, 0.6) is 0 Å². The number of esters is 1. The lowest BCUT2D eigenvalue weighted by Gasteiger charge is -2.15. The van der Waals surface area contributed by atoms with E-state index >= 15 is 0 Å². The normalized spacial score (nSPS) is 12.6. The summed E-state index contributed by atoms with van der Waals surface area (Å²) in [4.78, 5) is 26.7. The minimum atomic E-state index is -0.543. The maximum Gasteiger partial charge on any atom is 0.348 e. The molecule has 0 spiro atoms. The first kappa shape index (κ1) is 24.0. The number of ether oxygens (including phenoxy) is 1. The van der Waals surface area contributed by atoms with E-state index in [0.717, 1.165) is 28.8 Å². The third-order valence-corrected chi connectivity index (χ3v) is 9.37. The van der Waals surface area contributed by atoms with Crippen LogP contribution in [0.3, 0.4) is 0 Å². The zero-order chi connectivity index (χ0) is 24.4. The number of nitriles is 2. The highest BCUT2D eigenvalue weighted by atomic mass is 32.2. The molecule has 2 heterocycles. The van der Waals surface area contributed by atoms with Crippen LogP contribution in [0.1, 0.15) is 51.3 Å². The number of amides is 1. The van der Waals surface area contributed by atoms with Crippen LogP contribution in [0.2, 0.25) is 0 Å². The Morgan fingerprint density at radius 1 is 1.18 bits per heavy atom. The molecule has 3 aromatic rings. The van der Waals surface area contributed by atoms with Crippen molar-refractivity contribution in [3.8, 4) is 22.6 Å². The Hall–Kier alpha value is -3.11. The lowest BCUT2D eigenvalue weighted by atomic mass is 9.90. The molecule has 6 nitrogen and oxygen atoms in total. The molecule has 0 saturated heterocycles. The van der Waals surface area contributed by atoms with E-state index in [0.29, 0.717) is 30.8 Å². The third kappa shape index (κ3) is 4.35. The number of anilines is 1. The van der Waals surface area contributed by atoms with Crippen LogP contribution in [0.4, 0.5) is 5.00 Å². The molecule has 2 aromatic heterocycles. The Morgan fingerprint density at radius 2 is 1.91 bits per heavy atom. The van der Waals surface area contributed by atoms with Gasteiger partial charge in [-0.05, 0) is 55.9 Å². The SMILES string of the molecule is CCOC(=O)c1sc(SC(C)C(=O)Nc2sc3c(c2C#N)CCc2ccccc2-3)c(C#N)c1C. The summed E-state index contributed by atoms with van der Waals surface area (Å²) in [5.41, 5.74) is 4.83. The number of nitrogens with zero attached hydrogens (tertiary/aromatic N) is 2. The first-order valence-electron chi connectivity index (χ1n) is 10.7. The maximum absolute atomic E-state index is 13.1. The van der Waals surface area contributed by atoms with Crippen LogP contribution in [-0.4, -0.2) is 23.7 Å². The number of thiophene rings is 2. The zero-order valence-electron chi connectivity index (χ0n) is 18.9. The van der Waals surface area contributed by atoms with Gasteiger partial charge in [-0.25, -0.2) is 4.79 Å². The first-order valence-corrected chi connectivity index (χ1v) is 13.2. The van der Waals surface area contributed by atoms with Crippen molar-refractivity contribution in [2.45, 2.75) is 43.1 Å². The number of thioether (sulfide) groups is 1. The molecule has 1 aromatic carbocycles. The maximum atomic E-state index is 13.1. The Kier molecular flexibility index (Phi) is 7.08. The van der Waals surface area contributed by atoms with Crippen molar-refractivity contribution < 1.29 is 14.3 Å². The number of rotatable bonds is 6. The molecule has 4 rings (SSSR count). The quantitative estimate of drug-likeness (QED) is 0.328. The van der Waals surface area contributed by atoms with Crippen LogP contribution >= 0.6 is 34.4 Å². The van der Waals surface area contributed by atoms with E-state index < -0.39 is 11.2 Å². The molecule has 1 atom stereocenters. The van der Waals surface area contributed by atoms with E-state index in [1.807, 2.05) is 12.1 Å². The predicted octanol–water partition coefficient (Wildman–Crippen LogP) is 5.92. The summed E-state index contributed by atoms with van der Waals surface area (Å²) in [6, 6.07) is 12.6. The molecule has 0 radical (unpaired) electrons. The van der Waals surface area contributed by atoms with E-state index in [4.69, 9.17) is 4.74 Å². The average molecular weight is 508 g/mol. The minimum absolute atomic E-state index is 0.246. The van der Waals surface area contributed by atoms with Gasteiger partial charge in [-0.3, -0.25) is 4.79 Å². The van der Waals surface area contributed by atoms with Crippen molar-refractivity contribution >= 4 is 51.3 Å². The molecule has 0 fully saturated rings. The van der Waals surface area contributed by atoms with Crippen molar-refractivity contribution in [2.75, 3.05) is 11.9 Å². The minimum Gasteiger partial charge on any atom is -0.462 e. The number of benzene rings is 1. The summed E-state index contributed by atoms with van der Waals surface area (Å²) in [6.45, 7) is 5.43. The van der Waals surface area contributed by atoms with E-state index in [9.17, 15) is 20.1 Å². The van der Waals surface area contributed by atoms with Gasteiger partial charge in [0.15, 0.2) is 0 Å². The van der Waals surface area contributed by atoms with Gasteiger partial charge in [0, 0.05) is 4.88 Å². The van der Waals surface area contributed by atoms with Crippen LogP contribution < -0.4 is 5.32 Å². The molecule has 9 heteroatoms. The van der Waals surface area contributed by atoms with Crippen LogP contribution in [0.25, 0.3) is 10.4 Å². The monoisotopic (exact) mass is 507 g/mol. The Labute approximate surface area is 210 Å². The number of hydrogen-bond donors (Lipinski definition) is 1. The van der Waals surface area contributed by atoms with Crippen molar-refractivity contribution in [1.82, 2.24) is 0 Å². The molecule has 1 unspecified atom stereocenters. The third-order valence-electron chi connectivity index (χ3n) is 5.60. The molecule has 1 N–H and O–H groups in total. The lowest BCUT2D eigenvalue weighted by molar-refractivity contribution is -0.115. The Balaban J connectivity index is 1.57. The largest absolute Gasteiger partial charge is 0.462 e. The number of hydrogen-bond acceptors (Lipinski definition) is 8. The Morgan fingerprint density at radius 3 is 2.62 bits per heavy atom. The smallest absolute Gasteiger partial charge is 0.348 e. The fraction of sp³-hybridized carbons (Fsp3) is 0.280. The van der Waals surface area contributed by atoms with Gasteiger partial charge in [0.05, 0.1) is 27.2 Å². The fourth-order valence-corrected chi connectivity index (χ4v) is 7.69. The predicted molar refractivity (Wildman–Crippen MR) is 136 cm³/mol. The summed E-state index contributed by atoms with van der Waals surface area (Å²) in [6.07, 6.45) is 1.63. The molecule has 0 bridgehead atoms. The molecular formula is C25H21N3O3S3. The van der Waals surface area contributed by atoms with Gasteiger partial charge in [0.1, 0.15) is 22.0 Å². The van der Waals surface area contributed by atoms with E-state index in [1.165, 1.54) is 40.0 Å². The molecule has 0 saturated carbocycles. The summed E-state index contributed by atoms with van der Waals surface area (Å²) in [5.74, 6) is -0.727. The number of aryl methyl sites for hydroxylation is 1. The van der Waals surface area contributed by atoms with Gasteiger partial charge in [0.25, 0.3) is 0 Å². The second-order valence-corrected chi connectivity index (χ2v) is 11.3. The zero-order valence-corrected chi connectivity index (χ0v) is 21.3. The molecule has 1 amide bonds. The molecule has 0 aliphatic heterocycles. The van der Waals surface area contributed by atoms with Gasteiger partial charge in [0.2, 0.25) is 5.91 Å². The van der Waals surface area contributed by atoms with Crippen molar-refractivity contribution in [1.29, 1.82) is 10.5 Å². The topological polar surface area (TPSA) is 103 Å². The number of fused-ring (bicyclic) bond motifs is 3. The highest BCUT2D eigenvalue weighted by Gasteiger charge is 2.28. The molecule has 172 valence electrons. The Bertz CT molecular complexity index is 1370. The fourth-order valence-electron chi connectivity index (χ4n) is 3.87. The standard InChI is InChI=1S/C25H21N3O3S3/c1-4-31-24(30)20-13(2)18(11-26)25(34-20)32-14(3)22(29)28-23-19(12-27)17-10-9-15-7-5-6-8-16(15)21(17)33-23/h5-8,14H,4,9-10H2,1-3H3,(H,28,29). The van der Waals surface area contributed by atoms with Gasteiger partial charge >= 0.3 is 5.97 Å². The van der Waals surface area contributed by atoms with Gasteiger partial charge in [-0.2, -0.15) is 10.5 Å². The van der Waals surface area contributed by atoms with Crippen LogP contribution in [-0.2, 0) is 22.4 Å². The van der Waals surface area contributed by atoms with Crippen molar-refractivity contribution in [3.63, 3.8) is 0 Å². The van der Waals surface area contributed by atoms with E-state index in [1.54, 1.807) is 20.8 Å². The summed E-state index contributed by atoms with van der Waals surface area (Å²) in [7, 11) is 0. The van der Waals surface area contributed by atoms with E-state index in [2.05, 4.69) is 29.6 Å². The first-order chi connectivity index (χ1) is 16.4. The second-order valence-electron chi connectivity index (χ2n) is 7.68. The molecule has 34 heavy (non-hydrogen) atoms. The summed E-state index contributed by atoms with van der Waals surface area (Å²) < 4.78 is 5.69. The summed E-state index contributed by atoms with van der Waals surface area (Å²) in [5, 5.41) is 22.4. The molecular weight excluding hydrogens is 486 g/mol.